The molecule has 0 unspecified atom stereocenters. The van der Waals surface area contributed by atoms with E-state index in [4.69, 9.17) is 5.11 Å². The van der Waals surface area contributed by atoms with Crippen LogP contribution in [0.3, 0.4) is 0 Å². The predicted molar refractivity (Wildman–Crippen MR) is 76.8 cm³/mol. The van der Waals surface area contributed by atoms with Crippen LogP contribution in [-0.2, 0) is 24.7 Å². The van der Waals surface area contributed by atoms with Crippen molar-refractivity contribution >= 4 is 17.7 Å². The van der Waals surface area contributed by atoms with Crippen molar-refractivity contribution in [1.29, 1.82) is 0 Å². The average Bonchev–Trinajstić information content (AvgIpc) is 3.01. The molecule has 104 valence electrons. The molecule has 5 nitrogen and oxygen atoms in total. The van der Waals surface area contributed by atoms with Crippen molar-refractivity contribution < 1.29 is 9.90 Å². The van der Waals surface area contributed by atoms with Gasteiger partial charge in [0.15, 0.2) is 11.0 Å². The van der Waals surface area contributed by atoms with E-state index < -0.39 is 5.97 Å². The van der Waals surface area contributed by atoms with Crippen molar-refractivity contribution in [3.8, 4) is 11.4 Å². The van der Waals surface area contributed by atoms with Crippen LogP contribution in [-0.4, -0.2) is 31.6 Å². The third-order valence-corrected chi connectivity index (χ3v) is 4.41. The molecule has 0 bridgehead atoms. The van der Waals surface area contributed by atoms with E-state index in [1.54, 1.807) is 11.7 Å². The molecule has 0 saturated heterocycles. The second-order valence-electron chi connectivity index (χ2n) is 4.86. The van der Waals surface area contributed by atoms with Gasteiger partial charge in [-0.2, -0.15) is 5.10 Å². The van der Waals surface area contributed by atoms with Crippen LogP contribution in [0, 0.1) is 0 Å². The number of benzene rings is 1. The Labute approximate surface area is 121 Å². The molecule has 3 rings (SSSR count). The highest BCUT2D eigenvalue weighted by atomic mass is 32.2. The zero-order valence-electron chi connectivity index (χ0n) is 11.2. The van der Waals surface area contributed by atoms with Crippen LogP contribution in [0.2, 0.25) is 0 Å². The lowest BCUT2D eigenvalue weighted by Gasteiger charge is -2.00. The number of carboxylic acids is 1. The van der Waals surface area contributed by atoms with E-state index in [-0.39, 0.29) is 5.75 Å². The molecule has 0 aliphatic heterocycles. The van der Waals surface area contributed by atoms with Crippen molar-refractivity contribution in [2.75, 3.05) is 5.75 Å². The van der Waals surface area contributed by atoms with Gasteiger partial charge in [-0.05, 0) is 36.5 Å². The molecule has 20 heavy (non-hydrogen) atoms. The van der Waals surface area contributed by atoms with Crippen LogP contribution in [0.5, 0.6) is 0 Å². The molecule has 1 heterocycles. The minimum Gasteiger partial charge on any atom is -0.481 e. The Morgan fingerprint density at radius 1 is 1.40 bits per heavy atom. The number of carbonyl (C=O) groups is 1. The molecule has 1 aliphatic rings. The van der Waals surface area contributed by atoms with Crippen molar-refractivity contribution in [1.82, 2.24) is 14.8 Å². The summed E-state index contributed by atoms with van der Waals surface area (Å²) in [6, 6.07) is 6.35. The lowest BCUT2D eigenvalue weighted by atomic mass is 10.1. The first-order valence-electron chi connectivity index (χ1n) is 6.51. The number of aromatic nitrogens is 3. The highest BCUT2D eigenvalue weighted by Crippen LogP contribution is 2.27. The van der Waals surface area contributed by atoms with Crippen LogP contribution in [0.4, 0.5) is 0 Å². The fraction of sp³-hybridized carbons (Fsp3) is 0.357. The Morgan fingerprint density at radius 2 is 2.20 bits per heavy atom. The number of thioether (sulfide) groups is 1. The minimum absolute atomic E-state index is 0.00381. The van der Waals surface area contributed by atoms with Gasteiger partial charge in [0.2, 0.25) is 0 Å². The normalized spacial score (nSPS) is 13.4. The first-order valence-corrected chi connectivity index (χ1v) is 7.50. The Bertz CT molecular complexity index is 666. The van der Waals surface area contributed by atoms with Crippen molar-refractivity contribution in [3.63, 3.8) is 0 Å². The van der Waals surface area contributed by atoms with E-state index >= 15 is 0 Å². The SMILES string of the molecule is Cn1nc(-c2ccc3c(c2)CCC3)nc1SCC(=O)O. The van der Waals surface area contributed by atoms with Crippen molar-refractivity contribution in [3.05, 3.63) is 29.3 Å². The van der Waals surface area contributed by atoms with E-state index in [0.717, 1.165) is 18.4 Å². The molecule has 0 saturated carbocycles. The van der Waals surface area contributed by atoms with E-state index in [9.17, 15) is 4.79 Å². The summed E-state index contributed by atoms with van der Waals surface area (Å²) in [6.45, 7) is 0. The Morgan fingerprint density at radius 3 is 3.00 bits per heavy atom. The van der Waals surface area contributed by atoms with Gasteiger partial charge in [0.1, 0.15) is 0 Å². The summed E-state index contributed by atoms with van der Waals surface area (Å²) in [5.41, 5.74) is 3.81. The number of aryl methyl sites for hydroxylation is 3. The van der Waals surface area contributed by atoms with E-state index in [2.05, 4.69) is 22.2 Å². The van der Waals surface area contributed by atoms with Crippen LogP contribution >= 0.6 is 11.8 Å². The molecule has 0 radical (unpaired) electrons. The maximum absolute atomic E-state index is 10.6. The predicted octanol–water partition coefficient (Wildman–Crippen LogP) is 2.15. The largest absolute Gasteiger partial charge is 0.481 e. The molecule has 0 fully saturated rings. The highest BCUT2D eigenvalue weighted by molar-refractivity contribution is 7.99. The molecule has 0 amide bonds. The topological polar surface area (TPSA) is 68.0 Å². The summed E-state index contributed by atoms with van der Waals surface area (Å²) in [4.78, 5) is 15.0. The second-order valence-corrected chi connectivity index (χ2v) is 5.80. The quantitative estimate of drug-likeness (QED) is 0.873. The summed E-state index contributed by atoms with van der Waals surface area (Å²) in [5.74, 6) is -0.192. The molecule has 0 atom stereocenters. The van der Waals surface area contributed by atoms with Crippen LogP contribution in [0.15, 0.2) is 23.4 Å². The molecule has 2 aromatic rings. The maximum Gasteiger partial charge on any atom is 0.313 e. The third kappa shape index (κ3) is 2.56. The molecule has 1 aromatic carbocycles. The van der Waals surface area contributed by atoms with Gasteiger partial charge in [0, 0.05) is 12.6 Å². The summed E-state index contributed by atoms with van der Waals surface area (Å²) >= 11 is 1.19. The van der Waals surface area contributed by atoms with Gasteiger partial charge < -0.3 is 5.11 Å². The second kappa shape index (κ2) is 5.28. The van der Waals surface area contributed by atoms with E-state index in [1.807, 2.05) is 6.07 Å². The number of fused-ring (bicyclic) bond motifs is 1. The molecule has 6 heteroatoms. The van der Waals surface area contributed by atoms with Crippen LogP contribution < -0.4 is 0 Å². The van der Waals surface area contributed by atoms with Gasteiger partial charge in [0.25, 0.3) is 0 Å². The van der Waals surface area contributed by atoms with Gasteiger partial charge >= 0.3 is 5.97 Å². The molecular formula is C14H15N3O2S. The van der Waals surface area contributed by atoms with Crippen molar-refractivity contribution in [2.45, 2.75) is 24.4 Å². The zero-order chi connectivity index (χ0) is 14.1. The van der Waals surface area contributed by atoms with E-state index in [1.165, 1.54) is 29.3 Å². The van der Waals surface area contributed by atoms with Gasteiger partial charge in [-0.1, -0.05) is 23.9 Å². The number of nitrogens with zero attached hydrogens (tertiary/aromatic N) is 3. The molecule has 1 aromatic heterocycles. The first-order chi connectivity index (χ1) is 9.63. The molecular weight excluding hydrogens is 274 g/mol. The van der Waals surface area contributed by atoms with Crippen molar-refractivity contribution in [2.24, 2.45) is 7.05 Å². The number of hydrogen-bond donors (Lipinski definition) is 1. The van der Waals surface area contributed by atoms with Crippen LogP contribution in [0.25, 0.3) is 11.4 Å². The first kappa shape index (κ1) is 13.2. The van der Waals surface area contributed by atoms with Gasteiger partial charge in [-0.25, -0.2) is 9.67 Å². The number of hydrogen-bond acceptors (Lipinski definition) is 4. The Hall–Kier alpha value is -1.82. The minimum atomic E-state index is -0.850. The maximum atomic E-state index is 10.6. The smallest absolute Gasteiger partial charge is 0.313 e. The molecule has 0 spiro atoms. The molecule has 1 aliphatic carbocycles. The fourth-order valence-electron chi connectivity index (χ4n) is 2.46. The number of rotatable bonds is 4. The zero-order valence-corrected chi connectivity index (χ0v) is 12.0. The summed E-state index contributed by atoms with van der Waals surface area (Å²) in [7, 11) is 1.79. The average molecular weight is 289 g/mol. The monoisotopic (exact) mass is 289 g/mol. The standard InChI is InChI=1S/C14H15N3O2S/c1-17-14(20-8-12(18)19)15-13(16-17)11-6-5-9-3-2-4-10(9)7-11/h5-7H,2-4,8H2,1H3,(H,18,19). The Kier molecular flexibility index (Phi) is 3.48. The van der Waals surface area contributed by atoms with Gasteiger partial charge in [-0.15, -0.1) is 0 Å². The summed E-state index contributed by atoms with van der Waals surface area (Å²) < 4.78 is 1.64. The summed E-state index contributed by atoms with van der Waals surface area (Å²) in [6.07, 6.45) is 3.50. The van der Waals surface area contributed by atoms with Crippen LogP contribution in [0.1, 0.15) is 17.5 Å². The third-order valence-electron chi connectivity index (χ3n) is 3.40. The van der Waals surface area contributed by atoms with Gasteiger partial charge in [0.05, 0.1) is 5.75 Å². The fourth-order valence-corrected chi connectivity index (χ4v) is 3.09. The van der Waals surface area contributed by atoms with E-state index in [0.29, 0.717) is 11.0 Å². The number of aliphatic carboxylic acids is 1. The summed E-state index contributed by atoms with van der Waals surface area (Å²) in [5, 5.41) is 13.7. The number of carboxylic acid groups (broad SMARTS) is 1. The molecule has 1 N–H and O–H groups in total. The lowest BCUT2D eigenvalue weighted by Crippen LogP contribution is -2.00. The van der Waals surface area contributed by atoms with Gasteiger partial charge in [-0.3, -0.25) is 4.79 Å². The highest BCUT2D eigenvalue weighted by Gasteiger charge is 2.15. The lowest BCUT2D eigenvalue weighted by molar-refractivity contribution is -0.133. The Balaban J connectivity index is 1.87.